The van der Waals surface area contributed by atoms with Gasteiger partial charge >= 0.3 is 5.97 Å². The van der Waals surface area contributed by atoms with Gasteiger partial charge in [-0.1, -0.05) is 0 Å². The van der Waals surface area contributed by atoms with Crippen molar-refractivity contribution in [2.24, 2.45) is 5.92 Å². The molecule has 0 radical (unpaired) electrons. The van der Waals surface area contributed by atoms with Crippen LogP contribution in [0.1, 0.15) is 43.2 Å². The molecule has 0 spiro atoms. The summed E-state index contributed by atoms with van der Waals surface area (Å²) in [7, 11) is 0. The molecule has 170 valence electrons. The van der Waals surface area contributed by atoms with Crippen molar-refractivity contribution in [1.29, 1.82) is 0 Å². The number of hydrogen-bond donors (Lipinski definition) is 2. The van der Waals surface area contributed by atoms with Crippen LogP contribution in [0.4, 0.5) is 10.8 Å². The number of esters is 1. The number of nitrogens with one attached hydrogen (secondary N) is 2. The fraction of sp³-hybridized carbons (Fsp3) is 0.409. The number of benzene rings is 1. The van der Waals surface area contributed by atoms with Crippen LogP contribution in [-0.4, -0.2) is 52.8 Å². The summed E-state index contributed by atoms with van der Waals surface area (Å²) in [5.74, 6) is -1.34. The van der Waals surface area contributed by atoms with Crippen molar-refractivity contribution < 1.29 is 23.9 Å². The standard InChI is InChI=1S/C22H26N4O5S/c1-4-31-19(28)10-17-12-32-22(24-17)25-20(29)14-5-7-16(8-6-14)23-21(30)15-9-18(27)26(11-15)13(2)3/h5-8,12-13,15H,4,9-11H2,1-3H3,(H,23,30)(H,24,25,29). The van der Waals surface area contributed by atoms with Crippen LogP contribution < -0.4 is 10.6 Å². The lowest BCUT2D eigenvalue weighted by molar-refractivity contribution is -0.142. The maximum atomic E-state index is 12.5. The molecule has 1 aromatic carbocycles. The van der Waals surface area contributed by atoms with E-state index in [2.05, 4.69) is 15.6 Å². The van der Waals surface area contributed by atoms with Gasteiger partial charge in [-0.3, -0.25) is 24.5 Å². The van der Waals surface area contributed by atoms with Crippen LogP contribution in [0.2, 0.25) is 0 Å². The Bertz CT molecular complexity index is 1000. The van der Waals surface area contributed by atoms with Gasteiger partial charge in [0.2, 0.25) is 11.8 Å². The van der Waals surface area contributed by atoms with Crippen molar-refractivity contribution in [3.63, 3.8) is 0 Å². The SMILES string of the molecule is CCOC(=O)Cc1csc(NC(=O)c2ccc(NC(=O)C3CC(=O)N(C(C)C)C3)cc2)n1. The van der Waals surface area contributed by atoms with E-state index in [-0.39, 0.29) is 48.5 Å². The molecule has 2 heterocycles. The number of carbonyl (C=O) groups excluding carboxylic acids is 4. The molecule has 9 nitrogen and oxygen atoms in total. The number of anilines is 2. The fourth-order valence-corrected chi connectivity index (χ4v) is 4.04. The number of aromatic nitrogens is 1. The highest BCUT2D eigenvalue weighted by molar-refractivity contribution is 7.14. The molecule has 10 heteroatoms. The lowest BCUT2D eigenvalue weighted by atomic mass is 10.1. The third kappa shape index (κ3) is 5.91. The normalized spacial score (nSPS) is 15.7. The second-order valence-corrected chi connectivity index (χ2v) is 8.55. The summed E-state index contributed by atoms with van der Waals surface area (Å²) in [5, 5.41) is 7.58. The minimum Gasteiger partial charge on any atom is -0.466 e. The Morgan fingerprint density at radius 2 is 1.94 bits per heavy atom. The van der Waals surface area contributed by atoms with E-state index < -0.39 is 0 Å². The summed E-state index contributed by atoms with van der Waals surface area (Å²) in [5.41, 5.74) is 1.48. The Kier molecular flexibility index (Phi) is 7.57. The topological polar surface area (TPSA) is 118 Å². The molecule has 2 aromatic rings. The Balaban J connectivity index is 1.53. The predicted molar refractivity (Wildman–Crippen MR) is 120 cm³/mol. The smallest absolute Gasteiger partial charge is 0.311 e. The Morgan fingerprint density at radius 1 is 1.22 bits per heavy atom. The molecular formula is C22H26N4O5S. The molecule has 3 amide bonds. The van der Waals surface area contributed by atoms with E-state index in [4.69, 9.17) is 4.74 Å². The molecule has 1 aliphatic rings. The van der Waals surface area contributed by atoms with E-state index in [1.54, 1.807) is 41.5 Å². The summed E-state index contributed by atoms with van der Waals surface area (Å²) in [6.45, 7) is 6.30. The van der Waals surface area contributed by atoms with Gasteiger partial charge in [0.25, 0.3) is 5.91 Å². The zero-order valence-corrected chi connectivity index (χ0v) is 19.0. The first-order valence-electron chi connectivity index (χ1n) is 10.4. The minimum absolute atomic E-state index is 0.0141. The average Bonchev–Trinajstić information content (AvgIpc) is 3.35. The molecule has 0 bridgehead atoms. The number of rotatable bonds is 8. The molecular weight excluding hydrogens is 432 g/mol. The summed E-state index contributed by atoms with van der Waals surface area (Å²) in [6.07, 6.45) is 0.257. The van der Waals surface area contributed by atoms with E-state index in [1.165, 1.54) is 11.3 Å². The van der Waals surface area contributed by atoms with E-state index in [9.17, 15) is 19.2 Å². The van der Waals surface area contributed by atoms with Gasteiger partial charge in [0.15, 0.2) is 5.13 Å². The number of nitrogens with zero attached hydrogens (tertiary/aromatic N) is 2. The second-order valence-electron chi connectivity index (χ2n) is 7.69. The molecule has 2 N–H and O–H groups in total. The highest BCUT2D eigenvalue weighted by atomic mass is 32.1. The maximum absolute atomic E-state index is 12.5. The fourth-order valence-electron chi connectivity index (χ4n) is 3.33. The summed E-state index contributed by atoms with van der Waals surface area (Å²) >= 11 is 1.22. The first-order chi connectivity index (χ1) is 15.3. The van der Waals surface area contributed by atoms with Crippen LogP contribution >= 0.6 is 11.3 Å². The van der Waals surface area contributed by atoms with Crippen molar-refractivity contribution in [3.8, 4) is 0 Å². The van der Waals surface area contributed by atoms with Crippen molar-refractivity contribution in [2.45, 2.75) is 39.7 Å². The van der Waals surface area contributed by atoms with E-state index in [0.29, 0.717) is 35.2 Å². The molecule has 0 saturated carbocycles. The van der Waals surface area contributed by atoms with Crippen LogP contribution in [0.15, 0.2) is 29.6 Å². The van der Waals surface area contributed by atoms with E-state index in [0.717, 1.165) is 0 Å². The molecule has 1 atom stereocenters. The largest absolute Gasteiger partial charge is 0.466 e. The van der Waals surface area contributed by atoms with Crippen molar-refractivity contribution in [1.82, 2.24) is 9.88 Å². The van der Waals surface area contributed by atoms with Crippen LogP contribution in [0.25, 0.3) is 0 Å². The Hall–Kier alpha value is -3.27. The third-order valence-corrected chi connectivity index (χ3v) is 5.78. The molecule has 0 aliphatic carbocycles. The quantitative estimate of drug-likeness (QED) is 0.588. The Morgan fingerprint density at radius 3 is 2.56 bits per heavy atom. The van der Waals surface area contributed by atoms with Crippen LogP contribution in [-0.2, 0) is 25.5 Å². The zero-order valence-electron chi connectivity index (χ0n) is 18.2. The highest BCUT2D eigenvalue weighted by Crippen LogP contribution is 2.22. The van der Waals surface area contributed by atoms with Gasteiger partial charge in [-0.2, -0.15) is 0 Å². The number of amides is 3. The van der Waals surface area contributed by atoms with Gasteiger partial charge < -0.3 is 15.0 Å². The minimum atomic E-state index is -0.387. The number of carbonyl (C=O) groups is 4. The number of thiazole rings is 1. The monoisotopic (exact) mass is 458 g/mol. The first kappa shape index (κ1) is 23.4. The lowest BCUT2D eigenvalue weighted by Gasteiger charge is -2.20. The zero-order chi connectivity index (χ0) is 23.3. The van der Waals surface area contributed by atoms with Crippen molar-refractivity contribution >= 4 is 45.8 Å². The van der Waals surface area contributed by atoms with E-state index in [1.807, 2.05) is 13.8 Å². The first-order valence-corrected chi connectivity index (χ1v) is 11.3. The number of likely N-dealkylation sites (tertiary alicyclic amines) is 1. The maximum Gasteiger partial charge on any atom is 0.311 e. The lowest BCUT2D eigenvalue weighted by Crippen LogP contribution is -2.33. The van der Waals surface area contributed by atoms with Gasteiger partial charge in [0.05, 0.1) is 24.6 Å². The van der Waals surface area contributed by atoms with Crippen LogP contribution in [0.3, 0.4) is 0 Å². The second kappa shape index (κ2) is 10.4. The molecule has 1 saturated heterocycles. The number of ether oxygens (including phenoxy) is 1. The Labute approximate surface area is 190 Å². The van der Waals surface area contributed by atoms with Gasteiger partial charge in [-0.05, 0) is 45.0 Å². The molecule has 1 aliphatic heterocycles. The van der Waals surface area contributed by atoms with Crippen LogP contribution in [0, 0.1) is 5.92 Å². The van der Waals surface area contributed by atoms with Gasteiger partial charge in [0.1, 0.15) is 0 Å². The van der Waals surface area contributed by atoms with Crippen molar-refractivity contribution in [2.75, 3.05) is 23.8 Å². The highest BCUT2D eigenvalue weighted by Gasteiger charge is 2.35. The van der Waals surface area contributed by atoms with Gasteiger partial charge in [-0.15, -0.1) is 11.3 Å². The van der Waals surface area contributed by atoms with Crippen LogP contribution in [0.5, 0.6) is 0 Å². The molecule has 1 unspecified atom stereocenters. The number of hydrogen-bond acceptors (Lipinski definition) is 7. The van der Waals surface area contributed by atoms with Gasteiger partial charge in [0, 0.05) is 35.6 Å². The summed E-state index contributed by atoms with van der Waals surface area (Å²) in [4.78, 5) is 54.4. The molecule has 3 rings (SSSR count). The predicted octanol–water partition coefficient (Wildman–Crippen LogP) is 2.70. The summed E-state index contributed by atoms with van der Waals surface area (Å²) < 4.78 is 4.89. The molecule has 1 aromatic heterocycles. The average molecular weight is 459 g/mol. The van der Waals surface area contributed by atoms with Crippen molar-refractivity contribution in [3.05, 3.63) is 40.9 Å². The van der Waals surface area contributed by atoms with E-state index >= 15 is 0 Å². The molecule has 1 fully saturated rings. The molecule has 32 heavy (non-hydrogen) atoms. The summed E-state index contributed by atoms with van der Waals surface area (Å²) in [6, 6.07) is 6.53. The third-order valence-electron chi connectivity index (χ3n) is 4.97. The van der Waals surface area contributed by atoms with Gasteiger partial charge in [-0.25, -0.2) is 4.98 Å².